The lowest BCUT2D eigenvalue weighted by Gasteiger charge is -2.38. The molecule has 0 spiro atoms. The fourth-order valence-corrected chi connectivity index (χ4v) is 5.87. The van der Waals surface area contributed by atoms with Gasteiger partial charge in [-0.25, -0.2) is 0 Å². The van der Waals surface area contributed by atoms with E-state index in [1.165, 1.54) is 12.1 Å². The zero-order valence-electron chi connectivity index (χ0n) is 23.4. The number of nitrogens with zero attached hydrogens (tertiary/aromatic N) is 3. The van der Waals surface area contributed by atoms with Crippen LogP contribution in [0.1, 0.15) is 45.5 Å². The van der Waals surface area contributed by atoms with Crippen molar-refractivity contribution in [3.05, 3.63) is 65.2 Å². The predicted octanol–water partition coefficient (Wildman–Crippen LogP) is 2.77. The van der Waals surface area contributed by atoms with Crippen LogP contribution >= 0.6 is 0 Å². The fourth-order valence-electron chi connectivity index (χ4n) is 5.87. The number of piperidine rings is 1. The molecule has 3 saturated heterocycles. The van der Waals surface area contributed by atoms with Crippen LogP contribution in [-0.2, 0) is 15.7 Å². The summed E-state index contributed by atoms with van der Waals surface area (Å²) in [5, 5.41) is 5.35. The SMILES string of the molecule is O=C(CNC(=O)c1cccc(C(F)(F)F)c1)NC1CCN(C2CCN(c3ccc(C(=O)N4CCOCC4)cc3)CC2)C1. The molecular formula is C30H36F3N5O4. The molecule has 9 nitrogen and oxygen atoms in total. The second kappa shape index (κ2) is 13.1. The van der Waals surface area contributed by atoms with Gasteiger partial charge in [0, 0.05) is 68.2 Å². The highest BCUT2D eigenvalue weighted by Crippen LogP contribution is 2.29. The van der Waals surface area contributed by atoms with Crippen molar-refractivity contribution in [2.24, 2.45) is 0 Å². The van der Waals surface area contributed by atoms with Gasteiger partial charge in [-0.3, -0.25) is 19.3 Å². The third kappa shape index (κ3) is 7.40. The average molecular weight is 588 g/mol. The van der Waals surface area contributed by atoms with Gasteiger partial charge in [0.25, 0.3) is 11.8 Å². The minimum atomic E-state index is -4.55. The van der Waals surface area contributed by atoms with E-state index in [1.807, 2.05) is 29.2 Å². The minimum Gasteiger partial charge on any atom is -0.378 e. The van der Waals surface area contributed by atoms with Gasteiger partial charge < -0.3 is 25.2 Å². The van der Waals surface area contributed by atoms with Crippen molar-refractivity contribution < 1.29 is 32.3 Å². The van der Waals surface area contributed by atoms with Crippen LogP contribution in [0.25, 0.3) is 0 Å². The number of benzene rings is 2. The van der Waals surface area contributed by atoms with Gasteiger partial charge in [-0.05, 0) is 61.7 Å². The Kier molecular flexibility index (Phi) is 9.32. The maximum atomic E-state index is 12.9. The van der Waals surface area contributed by atoms with Crippen molar-refractivity contribution in [1.29, 1.82) is 0 Å². The number of rotatable bonds is 7. The largest absolute Gasteiger partial charge is 0.416 e. The summed E-state index contributed by atoms with van der Waals surface area (Å²) < 4.78 is 44.1. The Balaban J connectivity index is 1.03. The van der Waals surface area contributed by atoms with Gasteiger partial charge in [-0.15, -0.1) is 0 Å². The maximum absolute atomic E-state index is 12.9. The lowest BCUT2D eigenvalue weighted by molar-refractivity contribution is -0.137. The van der Waals surface area contributed by atoms with E-state index >= 15 is 0 Å². The number of anilines is 1. The molecule has 3 heterocycles. The van der Waals surface area contributed by atoms with Crippen LogP contribution in [0.4, 0.5) is 18.9 Å². The van der Waals surface area contributed by atoms with Crippen molar-refractivity contribution in [2.75, 3.05) is 63.9 Å². The number of hydrogen-bond donors (Lipinski definition) is 2. The van der Waals surface area contributed by atoms with E-state index in [-0.39, 0.29) is 30.0 Å². The van der Waals surface area contributed by atoms with Crippen molar-refractivity contribution >= 4 is 23.4 Å². The number of halogens is 3. The number of carbonyl (C=O) groups excluding carboxylic acids is 3. The second-order valence-corrected chi connectivity index (χ2v) is 11.0. The number of alkyl halides is 3. The number of likely N-dealkylation sites (tertiary alicyclic amines) is 1. The summed E-state index contributed by atoms with van der Waals surface area (Å²) in [5.41, 5.74) is 0.737. The Bertz CT molecular complexity index is 1260. The molecule has 226 valence electrons. The predicted molar refractivity (Wildman–Crippen MR) is 150 cm³/mol. The van der Waals surface area contributed by atoms with E-state index < -0.39 is 17.6 Å². The molecule has 1 atom stereocenters. The summed E-state index contributed by atoms with van der Waals surface area (Å²) in [4.78, 5) is 44.0. The molecule has 2 aromatic rings. The van der Waals surface area contributed by atoms with Gasteiger partial charge in [0.15, 0.2) is 0 Å². The van der Waals surface area contributed by atoms with Gasteiger partial charge in [0.05, 0.1) is 25.3 Å². The topological polar surface area (TPSA) is 94.2 Å². The first-order valence-electron chi connectivity index (χ1n) is 14.4. The number of amides is 3. The first-order valence-corrected chi connectivity index (χ1v) is 14.4. The molecule has 3 aliphatic rings. The molecule has 5 rings (SSSR count). The second-order valence-electron chi connectivity index (χ2n) is 11.0. The zero-order valence-corrected chi connectivity index (χ0v) is 23.4. The van der Waals surface area contributed by atoms with Crippen LogP contribution in [0, 0.1) is 0 Å². The van der Waals surface area contributed by atoms with Crippen molar-refractivity contribution in [3.63, 3.8) is 0 Å². The highest BCUT2D eigenvalue weighted by atomic mass is 19.4. The van der Waals surface area contributed by atoms with Crippen molar-refractivity contribution in [1.82, 2.24) is 20.4 Å². The molecule has 0 saturated carbocycles. The number of carbonyl (C=O) groups is 3. The first kappa shape index (κ1) is 29.8. The Labute approximate surface area is 243 Å². The lowest BCUT2D eigenvalue weighted by atomic mass is 10.0. The molecule has 12 heteroatoms. The smallest absolute Gasteiger partial charge is 0.378 e. The van der Waals surface area contributed by atoms with Crippen LogP contribution in [0.2, 0.25) is 0 Å². The fraction of sp³-hybridized carbons (Fsp3) is 0.500. The molecular weight excluding hydrogens is 551 g/mol. The Morgan fingerprint density at radius 1 is 0.881 bits per heavy atom. The number of ether oxygens (including phenoxy) is 1. The van der Waals surface area contributed by atoms with Crippen molar-refractivity contribution in [2.45, 2.75) is 37.5 Å². The third-order valence-electron chi connectivity index (χ3n) is 8.20. The molecule has 0 aliphatic carbocycles. The molecule has 2 N–H and O–H groups in total. The molecule has 3 amide bonds. The molecule has 0 radical (unpaired) electrons. The molecule has 42 heavy (non-hydrogen) atoms. The summed E-state index contributed by atoms with van der Waals surface area (Å²) in [7, 11) is 0. The van der Waals surface area contributed by atoms with Gasteiger partial charge in [-0.2, -0.15) is 13.2 Å². The molecule has 0 aromatic heterocycles. The Hall–Kier alpha value is -3.64. The molecule has 2 aromatic carbocycles. The Morgan fingerprint density at radius 3 is 2.29 bits per heavy atom. The summed E-state index contributed by atoms with van der Waals surface area (Å²) in [6.07, 6.45) is -1.77. The lowest BCUT2D eigenvalue weighted by Crippen LogP contribution is -2.46. The van der Waals surface area contributed by atoms with E-state index in [0.29, 0.717) is 37.9 Å². The van der Waals surface area contributed by atoms with Crippen LogP contribution < -0.4 is 15.5 Å². The van der Waals surface area contributed by atoms with Crippen molar-refractivity contribution in [3.8, 4) is 0 Å². The average Bonchev–Trinajstić information content (AvgIpc) is 3.48. The van der Waals surface area contributed by atoms with Crippen LogP contribution in [0.15, 0.2) is 48.5 Å². The van der Waals surface area contributed by atoms with Gasteiger partial charge in [0.1, 0.15) is 0 Å². The Morgan fingerprint density at radius 2 is 1.60 bits per heavy atom. The molecule has 3 aliphatic heterocycles. The van der Waals surface area contributed by atoms with Gasteiger partial charge in [-0.1, -0.05) is 6.07 Å². The number of nitrogens with one attached hydrogen (secondary N) is 2. The minimum absolute atomic E-state index is 0.0392. The number of hydrogen-bond acceptors (Lipinski definition) is 6. The van der Waals surface area contributed by atoms with Gasteiger partial charge >= 0.3 is 6.18 Å². The van der Waals surface area contributed by atoms with E-state index in [0.717, 1.165) is 63.3 Å². The van der Waals surface area contributed by atoms with Gasteiger partial charge in [0.2, 0.25) is 5.91 Å². The highest BCUT2D eigenvalue weighted by molar-refractivity contribution is 5.96. The quantitative estimate of drug-likeness (QED) is 0.518. The molecule has 3 fully saturated rings. The normalized spacial score (nSPS) is 20.4. The maximum Gasteiger partial charge on any atom is 0.416 e. The summed E-state index contributed by atoms with van der Waals surface area (Å²) in [5.74, 6) is -1.06. The number of morpholine rings is 1. The standard InChI is InChI=1S/C30H36F3N5O4/c31-30(32,33)23-3-1-2-22(18-23)28(40)34-19-27(39)35-24-8-11-38(20-24)26-9-12-36(13-10-26)25-6-4-21(5-7-25)29(41)37-14-16-42-17-15-37/h1-7,18,24,26H,8-17,19-20H2,(H,34,40)(H,35,39). The third-order valence-corrected chi connectivity index (χ3v) is 8.20. The zero-order chi connectivity index (χ0) is 29.7. The van der Waals surface area contributed by atoms with Crippen LogP contribution in [-0.4, -0.2) is 98.6 Å². The molecule has 1 unspecified atom stereocenters. The molecule has 0 bridgehead atoms. The van der Waals surface area contributed by atoms with E-state index in [4.69, 9.17) is 4.74 Å². The van der Waals surface area contributed by atoms with Crippen LogP contribution in [0.3, 0.4) is 0 Å². The first-order chi connectivity index (χ1) is 20.2. The summed E-state index contributed by atoms with van der Waals surface area (Å²) in [6.45, 7) is 5.47. The van der Waals surface area contributed by atoms with E-state index in [9.17, 15) is 27.6 Å². The van der Waals surface area contributed by atoms with E-state index in [1.54, 1.807) is 0 Å². The van der Waals surface area contributed by atoms with E-state index in [2.05, 4.69) is 20.4 Å². The summed E-state index contributed by atoms with van der Waals surface area (Å²) >= 11 is 0. The highest BCUT2D eigenvalue weighted by Gasteiger charge is 2.32. The van der Waals surface area contributed by atoms with Crippen LogP contribution in [0.5, 0.6) is 0 Å². The summed E-state index contributed by atoms with van der Waals surface area (Å²) in [6, 6.07) is 12.3. The monoisotopic (exact) mass is 587 g/mol.